The maximum atomic E-state index is 11.0. The van der Waals surface area contributed by atoms with Gasteiger partial charge in [0, 0.05) is 19.2 Å². The number of hydrogen-bond donors (Lipinski definition) is 1. The Morgan fingerprint density at radius 2 is 1.77 bits per heavy atom. The third-order valence-corrected chi connectivity index (χ3v) is 3.21. The molecule has 0 aliphatic heterocycles. The van der Waals surface area contributed by atoms with Gasteiger partial charge in [0.2, 0.25) is 5.91 Å². The summed E-state index contributed by atoms with van der Waals surface area (Å²) in [5.74, 6) is -0.0713. The summed E-state index contributed by atoms with van der Waals surface area (Å²) in [6.07, 6.45) is 1.82. The lowest BCUT2D eigenvalue weighted by molar-refractivity contribution is -0.114. The average Bonchev–Trinajstić information content (AvgIpc) is 2.50. The maximum Gasteiger partial charge on any atom is 0.221 e. The molecule has 2 aromatic rings. The van der Waals surface area contributed by atoms with Gasteiger partial charge in [-0.1, -0.05) is 29.8 Å². The quantitative estimate of drug-likeness (QED) is 0.673. The maximum absolute atomic E-state index is 11.0. The third kappa shape index (κ3) is 4.45. The van der Waals surface area contributed by atoms with Crippen molar-refractivity contribution in [3.05, 3.63) is 59.7 Å². The Hall–Kier alpha value is -2.62. The predicted molar refractivity (Wildman–Crippen MR) is 92.5 cm³/mol. The molecule has 0 saturated heterocycles. The molecule has 0 fully saturated rings. The molecule has 114 valence electrons. The van der Waals surface area contributed by atoms with E-state index in [4.69, 9.17) is 0 Å². The zero-order valence-corrected chi connectivity index (χ0v) is 13.2. The zero-order valence-electron chi connectivity index (χ0n) is 13.2. The van der Waals surface area contributed by atoms with Crippen molar-refractivity contribution in [3.63, 3.8) is 0 Å². The summed E-state index contributed by atoms with van der Waals surface area (Å²) < 4.78 is 0. The number of nitrogens with zero attached hydrogens (tertiary/aromatic N) is 2. The minimum atomic E-state index is -0.0713. The number of carbonyl (C=O) groups excluding carboxylic acids is 1. The minimum Gasteiger partial charge on any atom is -0.326 e. The lowest BCUT2D eigenvalue weighted by atomic mass is 10.2. The molecule has 0 unspecified atom stereocenters. The highest BCUT2D eigenvalue weighted by molar-refractivity contribution is 5.89. The molecule has 22 heavy (non-hydrogen) atoms. The standard InChI is InChI=1S/C18H21N3O/c1-4-21(18-11-5-14(2)6-12-18)19-13-16-7-9-17(10-8-16)20-15(3)22/h5-13H,4H2,1-3H3,(H,20,22)/b19-13-. The fourth-order valence-electron chi connectivity index (χ4n) is 2.04. The lowest BCUT2D eigenvalue weighted by Crippen LogP contribution is -2.15. The van der Waals surface area contributed by atoms with Gasteiger partial charge in [-0.15, -0.1) is 0 Å². The minimum absolute atomic E-state index is 0.0713. The first-order valence-electron chi connectivity index (χ1n) is 7.34. The van der Waals surface area contributed by atoms with Gasteiger partial charge in [0.1, 0.15) is 0 Å². The van der Waals surface area contributed by atoms with Gasteiger partial charge in [0.15, 0.2) is 0 Å². The van der Waals surface area contributed by atoms with Crippen LogP contribution in [0.3, 0.4) is 0 Å². The number of rotatable bonds is 5. The van der Waals surface area contributed by atoms with Crippen molar-refractivity contribution in [2.24, 2.45) is 5.10 Å². The molecule has 0 heterocycles. The highest BCUT2D eigenvalue weighted by Crippen LogP contribution is 2.15. The molecular weight excluding hydrogens is 274 g/mol. The highest BCUT2D eigenvalue weighted by Gasteiger charge is 2.01. The van der Waals surface area contributed by atoms with E-state index in [-0.39, 0.29) is 5.91 Å². The molecule has 0 spiro atoms. The van der Waals surface area contributed by atoms with Crippen LogP contribution in [0.15, 0.2) is 53.6 Å². The first-order valence-corrected chi connectivity index (χ1v) is 7.34. The van der Waals surface area contributed by atoms with E-state index in [0.29, 0.717) is 0 Å². The van der Waals surface area contributed by atoms with E-state index in [0.717, 1.165) is 23.5 Å². The summed E-state index contributed by atoms with van der Waals surface area (Å²) in [5, 5.41) is 9.21. The molecule has 4 heteroatoms. The molecule has 1 amide bonds. The van der Waals surface area contributed by atoms with E-state index >= 15 is 0 Å². The highest BCUT2D eigenvalue weighted by atomic mass is 16.1. The lowest BCUT2D eigenvalue weighted by Gasteiger charge is -2.16. The summed E-state index contributed by atoms with van der Waals surface area (Å²) in [6, 6.07) is 15.9. The number of nitrogens with one attached hydrogen (secondary N) is 1. The summed E-state index contributed by atoms with van der Waals surface area (Å²) >= 11 is 0. The molecule has 0 aliphatic carbocycles. The molecule has 0 atom stereocenters. The van der Waals surface area contributed by atoms with E-state index in [9.17, 15) is 4.79 Å². The van der Waals surface area contributed by atoms with Crippen LogP contribution in [0.1, 0.15) is 25.0 Å². The summed E-state index contributed by atoms with van der Waals surface area (Å²) in [4.78, 5) is 11.0. The topological polar surface area (TPSA) is 44.7 Å². The Kier molecular flexibility index (Phi) is 5.31. The molecule has 2 rings (SSSR count). The van der Waals surface area contributed by atoms with Gasteiger partial charge < -0.3 is 5.32 Å². The predicted octanol–water partition coefficient (Wildman–Crippen LogP) is 3.81. The number of hydrazone groups is 1. The van der Waals surface area contributed by atoms with Gasteiger partial charge in [-0.2, -0.15) is 5.10 Å². The van der Waals surface area contributed by atoms with Crippen molar-refractivity contribution in [2.75, 3.05) is 16.9 Å². The fraction of sp³-hybridized carbons (Fsp3) is 0.222. The summed E-state index contributed by atoms with van der Waals surface area (Å²) in [5.41, 5.74) is 4.08. The van der Waals surface area contributed by atoms with Gasteiger partial charge in [-0.3, -0.25) is 9.80 Å². The van der Waals surface area contributed by atoms with Crippen molar-refractivity contribution in [1.29, 1.82) is 0 Å². The first-order chi connectivity index (χ1) is 10.6. The van der Waals surface area contributed by atoms with E-state index in [2.05, 4.69) is 48.5 Å². The molecule has 1 N–H and O–H groups in total. The summed E-state index contributed by atoms with van der Waals surface area (Å²) in [7, 11) is 0. The molecule has 2 aromatic carbocycles. The molecular formula is C18H21N3O. The second-order valence-electron chi connectivity index (χ2n) is 5.10. The van der Waals surface area contributed by atoms with Crippen LogP contribution in [0.2, 0.25) is 0 Å². The van der Waals surface area contributed by atoms with Crippen molar-refractivity contribution >= 4 is 23.5 Å². The third-order valence-electron chi connectivity index (χ3n) is 3.21. The number of aryl methyl sites for hydroxylation is 1. The Morgan fingerprint density at radius 3 is 2.32 bits per heavy atom. The Morgan fingerprint density at radius 1 is 1.14 bits per heavy atom. The largest absolute Gasteiger partial charge is 0.326 e. The Labute approximate surface area is 131 Å². The Bertz CT molecular complexity index is 645. The SMILES string of the molecule is CCN(/N=C\c1ccc(NC(C)=O)cc1)c1ccc(C)cc1. The fourth-order valence-corrected chi connectivity index (χ4v) is 2.04. The van der Waals surface area contributed by atoms with Crippen molar-refractivity contribution in [1.82, 2.24) is 0 Å². The van der Waals surface area contributed by atoms with Crippen LogP contribution in [0.5, 0.6) is 0 Å². The molecule has 0 aliphatic rings. The zero-order chi connectivity index (χ0) is 15.9. The van der Waals surface area contributed by atoms with E-state index < -0.39 is 0 Å². The average molecular weight is 295 g/mol. The van der Waals surface area contributed by atoms with Gasteiger partial charge in [-0.05, 0) is 43.7 Å². The molecule has 0 aromatic heterocycles. The van der Waals surface area contributed by atoms with Crippen LogP contribution in [0, 0.1) is 6.92 Å². The van der Waals surface area contributed by atoms with E-state index in [1.54, 1.807) is 0 Å². The Balaban J connectivity index is 2.08. The summed E-state index contributed by atoms with van der Waals surface area (Å²) in [6.45, 7) is 6.43. The number of benzene rings is 2. The smallest absolute Gasteiger partial charge is 0.221 e. The molecule has 0 radical (unpaired) electrons. The number of carbonyl (C=O) groups is 1. The van der Waals surface area contributed by atoms with Crippen LogP contribution in [0.25, 0.3) is 0 Å². The van der Waals surface area contributed by atoms with Crippen molar-refractivity contribution < 1.29 is 4.79 Å². The van der Waals surface area contributed by atoms with Crippen LogP contribution in [-0.2, 0) is 4.79 Å². The second kappa shape index (κ2) is 7.41. The molecule has 0 bridgehead atoms. The van der Waals surface area contributed by atoms with Crippen molar-refractivity contribution in [2.45, 2.75) is 20.8 Å². The van der Waals surface area contributed by atoms with Crippen LogP contribution in [0.4, 0.5) is 11.4 Å². The number of amides is 1. The van der Waals surface area contributed by atoms with Crippen LogP contribution >= 0.6 is 0 Å². The second-order valence-corrected chi connectivity index (χ2v) is 5.10. The molecule has 4 nitrogen and oxygen atoms in total. The van der Waals surface area contributed by atoms with Crippen LogP contribution < -0.4 is 10.3 Å². The van der Waals surface area contributed by atoms with E-state index in [1.807, 2.05) is 35.5 Å². The van der Waals surface area contributed by atoms with Crippen molar-refractivity contribution in [3.8, 4) is 0 Å². The number of anilines is 2. The van der Waals surface area contributed by atoms with Gasteiger partial charge >= 0.3 is 0 Å². The van der Waals surface area contributed by atoms with Gasteiger partial charge in [-0.25, -0.2) is 0 Å². The van der Waals surface area contributed by atoms with E-state index in [1.165, 1.54) is 12.5 Å². The monoisotopic (exact) mass is 295 g/mol. The first kappa shape index (κ1) is 15.8. The van der Waals surface area contributed by atoms with Crippen LogP contribution in [-0.4, -0.2) is 18.7 Å². The number of hydrogen-bond acceptors (Lipinski definition) is 3. The normalized spacial score (nSPS) is 10.7. The van der Waals surface area contributed by atoms with Gasteiger partial charge in [0.05, 0.1) is 11.9 Å². The molecule has 0 saturated carbocycles. The van der Waals surface area contributed by atoms with Gasteiger partial charge in [0.25, 0.3) is 0 Å².